The minimum atomic E-state index is 0.312. The molecule has 1 aromatic carbocycles. The van der Waals surface area contributed by atoms with Crippen molar-refractivity contribution in [3.63, 3.8) is 0 Å². The van der Waals surface area contributed by atoms with Crippen LogP contribution in [0.25, 0.3) is 0 Å². The van der Waals surface area contributed by atoms with E-state index in [2.05, 4.69) is 43.5 Å². The zero-order chi connectivity index (χ0) is 13.0. The fourth-order valence-electron chi connectivity index (χ4n) is 2.71. The second-order valence-corrected chi connectivity index (χ2v) is 6.76. The van der Waals surface area contributed by atoms with Crippen LogP contribution in [0.2, 0.25) is 0 Å². The van der Waals surface area contributed by atoms with Crippen LogP contribution in [0.5, 0.6) is 0 Å². The molecule has 0 radical (unpaired) electrons. The van der Waals surface area contributed by atoms with Crippen LogP contribution < -0.4 is 11.3 Å². The highest BCUT2D eigenvalue weighted by molar-refractivity contribution is 7.99. The zero-order valence-electron chi connectivity index (χ0n) is 11.4. The van der Waals surface area contributed by atoms with Gasteiger partial charge in [-0.3, -0.25) is 11.3 Å². The second-order valence-electron chi connectivity index (χ2n) is 5.61. The Kier molecular flexibility index (Phi) is 5.10. The van der Waals surface area contributed by atoms with Crippen LogP contribution >= 0.6 is 11.8 Å². The first-order valence-electron chi connectivity index (χ1n) is 6.83. The van der Waals surface area contributed by atoms with Crippen molar-refractivity contribution in [1.82, 2.24) is 5.43 Å². The van der Waals surface area contributed by atoms with Gasteiger partial charge in [-0.25, -0.2) is 0 Å². The first-order valence-corrected chi connectivity index (χ1v) is 7.99. The van der Waals surface area contributed by atoms with Crippen LogP contribution in [0.15, 0.2) is 24.3 Å². The van der Waals surface area contributed by atoms with E-state index >= 15 is 0 Å². The predicted octanol–water partition coefficient (Wildman–Crippen LogP) is 3.14. The van der Waals surface area contributed by atoms with Gasteiger partial charge in [-0.2, -0.15) is 11.8 Å². The third-order valence-electron chi connectivity index (χ3n) is 3.57. The molecule has 100 valence electrons. The lowest BCUT2D eigenvalue weighted by atomic mass is 9.91. The van der Waals surface area contributed by atoms with Gasteiger partial charge in [-0.15, -0.1) is 0 Å². The SMILES string of the molecule is CC(C)Cc1cccc(C(NN)C2CCSC2)c1. The number of benzene rings is 1. The molecular formula is C15H24N2S. The Morgan fingerprint density at radius 1 is 1.44 bits per heavy atom. The number of hydrazine groups is 1. The molecule has 1 aromatic rings. The lowest BCUT2D eigenvalue weighted by molar-refractivity contribution is 0.400. The Labute approximate surface area is 115 Å². The van der Waals surface area contributed by atoms with Crippen LogP contribution in [0.4, 0.5) is 0 Å². The Bertz CT molecular complexity index is 373. The fourth-order valence-corrected chi connectivity index (χ4v) is 4.00. The maximum atomic E-state index is 5.78. The van der Waals surface area contributed by atoms with Crippen LogP contribution in [0, 0.1) is 11.8 Å². The van der Waals surface area contributed by atoms with Gasteiger partial charge in [0.2, 0.25) is 0 Å². The van der Waals surface area contributed by atoms with Crippen molar-refractivity contribution in [3.8, 4) is 0 Å². The van der Waals surface area contributed by atoms with Gasteiger partial charge < -0.3 is 0 Å². The number of nitrogens with one attached hydrogen (secondary N) is 1. The standard InChI is InChI=1S/C15H24N2S/c1-11(2)8-12-4-3-5-13(9-12)15(17-16)14-6-7-18-10-14/h3-5,9,11,14-15,17H,6-8,10,16H2,1-2H3. The molecule has 1 heterocycles. The maximum absolute atomic E-state index is 5.78. The summed E-state index contributed by atoms with van der Waals surface area (Å²) >= 11 is 2.04. The lowest BCUT2D eigenvalue weighted by Crippen LogP contribution is -2.33. The summed E-state index contributed by atoms with van der Waals surface area (Å²) in [6.07, 6.45) is 2.42. The maximum Gasteiger partial charge on any atom is 0.0496 e. The van der Waals surface area contributed by atoms with Gasteiger partial charge in [0.15, 0.2) is 0 Å². The molecule has 2 atom stereocenters. The summed E-state index contributed by atoms with van der Waals surface area (Å²) in [5, 5.41) is 0. The Balaban J connectivity index is 2.14. The van der Waals surface area contributed by atoms with E-state index in [0.717, 1.165) is 6.42 Å². The Morgan fingerprint density at radius 2 is 2.28 bits per heavy atom. The number of rotatable bonds is 5. The number of thioether (sulfide) groups is 1. The van der Waals surface area contributed by atoms with Crippen molar-refractivity contribution in [1.29, 1.82) is 0 Å². The molecule has 2 rings (SSSR count). The molecule has 3 heteroatoms. The smallest absolute Gasteiger partial charge is 0.0496 e. The summed E-state index contributed by atoms with van der Waals surface area (Å²) in [6, 6.07) is 9.23. The largest absolute Gasteiger partial charge is 0.271 e. The van der Waals surface area contributed by atoms with E-state index in [4.69, 9.17) is 5.84 Å². The number of hydrogen-bond acceptors (Lipinski definition) is 3. The van der Waals surface area contributed by atoms with Gasteiger partial charge in [0.05, 0.1) is 0 Å². The third-order valence-corrected chi connectivity index (χ3v) is 4.76. The molecule has 1 fully saturated rings. The predicted molar refractivity (Wildman–Crippen MR) is 80.5 cm³/mol. The number of nitrogens with two attached hydrogens (primary N) is 1. The Hall–Kier alpha value is -0.510. The topological polar surface area (TPSA) is 38.0 Å². The molecule has 2 nitrogen and oxygen atoms in total. The highest BCUT2D eigenvalue weighted by Gasteiger charge is 2.25. The van der Waals surface area contributed by atoms with E-state index < -0.39 is 0 Å². The van der Waals surface area contributed by atoms with Crippen LogP contribution in [0.1, 0.15) is 37.4 Å². The van der Waals surface area contributed by atoms with E-state index in [9.17, 15) is 0 Å². The van der Waals surface area contributed by atoms with Crippen molar-refractivity contribution in [2.75, 3.05) is 11.5 Å². The van der Waals surface area contributed by atoms with Gasteiger partial charge in [0.1, 0.15) is 0 Å². The summed E-state index contributed by atoms with van der Waals surface area (Å²) < 4.78 is 0. The summed E-state index contributed by atoms with van der Waals surface area (Å²) in [5.74, 6) is 9.65. The number of hydrogen-bond donors (Lipinski definition) is 2. The van der Waals surface area contributed by atoms with Gasteiger partial charge in [-0.05, 0) is 47.3 Å². The van der Waals surface area contributed by atoms with Crippen molar-refractivity contribution in [2.45, 2.75) is 32.7 Å². The molecule has 18 heavy (non-hydrogen) atoms. The van der Waals surface area contributed by atoms with Gasteiger partial charge in [0, 0.05) is 6.04 Å². The molecule has 1 saturated heterocycles. The zero-order valence-corrected chi connectivity index (χ0v) is 12.2. The highest BCUT2D eigenvalue weighted by atomic mass is 32.2. The van der Waals surface area contributed by atoms with Crippen molar-refractivity contribution < 1.29 is 0 Å². The molecule has 0 aliphatic carbocycles. The van der Waals surface area contributed by atoms with Crippen molar-refractivity contribution >= 4 is 11.8 Å². The van der Waals surface area contributed by atoms with Gasteiger partial charge in [-0.1, -0.05) is 38.1 Å². The minimum absolute atomic E-state index is 0.312. The third kappa shape index (κ3) is 3.50. The van der Waals surface area contributed by atoms with Gasteiger partial charge >= 0.3 is 0 Å². The van der Waals surface area contributed by atoms with Crippen LogP contribution in [0.3, 0.4) is 0 Å². The highest BCUT2D eigenvalue weighted by Crippen LogP contribution is 2.34. The second kappa shape index (κ2) is 6.60. The van der Waals surface area contributed by atoms with Crippen LogP contribution in [-0.4, -0.2) is 11.5 Å². The Morgan fingerprint density at radius 3 is 2.89 bits per heavy atom. The molecule has 0 aromatic heterocycles. The molecule has 3 N–H and O–H groups in total. The summed E-state index contributed by atoms with van der Waals surface area (Å²) in [7, 11) is 0. The summed E-state index contributed by atoms with van der Waals surface area (Å²) in [5.41, 5.74) is 5.80. The molecule has 0 amide bonds. The molecule has 0 spiro atoms. The van der Waals surface area contributed by atoms with E-state index in [0.29, 0.717) is 17.9 Å². The average Bonchev–Trinajstić information content (AvgIpc) is 2.83. The van der Waals surface area contributed by atoms with Crippen molar-refractivity contribution in [2.24, 2.45) is 17.7 Å². The minimum Gasteiger partial charge on any atom is -0.271 e. The molecule has 1 aliphatic heterocycles. The van der Waals surface area contributed by atoms with Crippen LogP contribution in [-0.2, 0) is 6.42 Å². The van der Waals surface area contributed by atoms with E-state index in [1.54, 1.807) is 0 Å². The monoisotopic (exact) mass is 264 g/mol. The molecule has 0 bridgehead atoms. The first-order chi connectivity index (χ1) is 8.70. The molecule has 2 unspecified atom stereocenters. The van der Waals surface area contributed by atoms with E-state index in [1.807, 2.05) is 11.8 Å². The van der Waals surface area contributed by atoms with Crippen molar-refractivity contribution in [3.05, 3.63) is 35.4 Å². The molecule has 1 aliphatic rings. The lowest BCUT2D eigenvalue weighted by Gasteiger charge is -2.23. The summed E-state index contributed by atoms with van der Waals surface area (Å²) in [6.45, 7) is 4.53. The van der Waals surface area contributed by atoms with Gasteiger partial charge in [0.25, 0.3) is 0 Å². The first kappa shape index (κ1) is 13.9. The quantitative estimate of drug-likeness (QED) is 0.634. The average molecular weight is 264 g/mol. The normalized spacial score (nSPS) is 21.4. The van der Waals surface area contributed by atoms with E-state index in [1.165, 1.54) is 29.1 Å². The fraction of sp³-hybridized carbons (Fsp3) is 0.600. The van der Waals surface area contributed by atoms with E-state index in [-0.39, 0.29) is 0 Å². The summed E-state index contributed by atoms with van der Waals surface area (Å²) in [4.78, 5) is 0. The molecular weight excluding hydrogens is 240 g/mol. The molecule has 0 saturated carbocycles.